The topological polar surface area (TPSA) is 24.5 Å². The molecule has 0 spiro atoms. The number of ether oxygens (including phenoxy) is 1. The van der Waals surface area contributed by atoms with Crippen LogP contribution in [-0.4, -0.2) is 44.3 Å². The molecule has 2 rings (SSSR count). The maximum Gasteiger partial charge on any atom is 0.0904 e. The SMILES string of the molecule is CCCN1CCOC(CNC)C1c1ccc(CC)s1. The molecule has 3 nitrogen and oxygen atoms in total. The summed E-state index contributed by atoms with van der Waals surface area (Å²) in [5.74, 6) is 0. The molecule has 0 saturated carbocycles. The Morgan fingerprint density at radius 3 is 2.89 bits per heavy atom. The smallest absolute Gasteiger partial charge is 0.0904 e. The van der Waals surface area contributed by atoms with E-state index in [1.165, 1.54) is 16.2 Å². The van der Waals surface area contributed by atoms with Crippen LogP contribution < -0.4 is 5.32 Å². The molecule has 0 bridgehead atoms. The van der Waals surface area contributed by atoms with Crippen LogP contribution in [0.1, 0.15) is 36.1 Å². The minimum Gasteiger partial charge on any atom is -0.374 e. The summed E-state index contributed by atoms with van der Waals surface area (Å²) in [4.78, 5) is 5.53. The van der Waals surface area contributed by atoms with Crippen LogP contribution in [0.15, 0.2) is 12.1 Å². The van der Waals surface area contributed by atoms with Crippen LogP contribution in [0, 0.1) is 0 Å². The van der Waals surface area contributed by atoms with Crippen LogP contribution in [0.2, 0.25) is 0 Å². The Morgan fingerprint density at radius 2 is 2.26 bits per heavy atom. The highest BCUT2D eigenvalue weighted by atomic mass is 32.1. The molecule has 1 aliphatic heterocycles. The Labute approximate surface area is 121 Å². The fourth-order valence-electron chi connectivity index (χ4n) is 2.80. The number of aryl methyl sites for hydroxylation is 1. The summed E-state index contributed by atoms with van der Waals surface area (Å²) in [5.41, 5.74) is 0. The standard InChI is InChI=1S/C15H26N2OS/c1-4-8-17-9-10-18-13(11-16-3)15(17)14-7-6-12(5-2)19-14/h6-7,13,15-16H,4-5,8-11H2,1-3H3. The maximum absolute atomic E-state index is 6.01. The molecule has 2 unspecified atom stereocenters. The number of rotatable bonds is 6. The number of likely N-dealkylation sites (N-methyl/N-ethyl adjacent to an activating group) is 1. The van der Waals surface area contributed by atoms with E-state index in [2.05, 4.69) is 36.2 Å². The van der Waals surface area contributed by atoms with Crippen molar-refractivity contribution in [3.8, 4) is 0 Å². The Hall–Kier alpha value is -0.420. The molecule has 1 fully saturated rings. The first-order valence-corrected chi connectivity index (χ1v) is 8.20. The number of hydrogen-bond donors (Lipinski definition) is 1. The summed E-state index contributed by atoms with van der Waals surface area (Å²) in [6.45, 7) is 8.47. The predicted molar refractivity (Wildman–Crippen MR) is 82.0 cm³/mol. The van der Waals surface area contributed by atoms with Gasteiger partial charge >= 0.3 is 0 Å². The summed E-state index contributed by atoms with van der Waals surface area (Å²) in [5, 5.41) is 3.27. The maximum atomic E-state index is 6.01. The van der Waals surface area contributed by atoms with Gasteiger partial charge in [0, 0.05) is 22.8 Å². The highest BCUT2D eigenvalue weighted by Gasteiger charge is 2.33. The highest BCUT2D eigenvalue weighted by molar-refractivity contribution is 7.12. The van der Waals surface area contributed by atoms with Gasteiger partial charge in [-0.25, -0.2) is 0 Å². The van der Waals surface area contributed by atoms with Crippen LogP contribution in [0.4, 0.5) is 0 Å². The van der Waals surface area contributed by atoms with E-state index < -0.39 is 0 Å². The Bertz CT molecular complexity index is 362. The van der Waals surface area contributed by atoms with Crippen molar-refractivity contribution in [3.05, 3.63) is 21.9 Å². The molecule has 108 valence electrons. The molecule has 0 amide bonds. The van der Waals surface area contributed by atoms with Crippen molar-refractivity contribution in [2.24, 2.45) is 0 Å². The van der Waals surface area contributed by atoms with Crippen molar-refractivity contribution in [1.29, 1.82) is 0 Å². The zero-order valence-corrected chi connectivity index (χ0v) is 13.1. The van der Waals surface area contributed by atoms with E-state index >= 15 is 0 Å². The summed E-state index contributed by atoms with van der Waals surface area (Å²) in [7, 11) is 2.01. The third-order valence-corrected chi connectivity index (χ3v) is 4.99. The monoisotopic (exact) mass is 282 g/mol. The average molecular weight is 282 g/mol. The zero-order chi connectivity index (χ0) is 13.7. The lowest BCUT2D eigenvalue weighted by Gasteiger charge is -2.40. The van der Waals surface area contributed by atoms with Gasteiger partial charge < -0.3 is 10.1 Å². The van der Waals surface area contributed by atoms with E-state index in [0.29, 0.717) is 6.04 Å². The highest BCUT2D eigenvalue weighted by Crippen LogP contribution is 2.34. The van der Waals surface area contributed by atoms with E-state index in [1.807, 2.05) is 18.4 Å². The first-order chi connectivity index (χ1) is 9.30. The minimum absolute atomic E-state index is 0.272. The molecular formula is C15H26N2OS. The summed E-state index contributed by atoms with van der Waals surface area (Å²) in [6, 6.07) is 5.00. The van der Waals surface area contributed by atoms with Crippen molar-refractivity contribution in [2.75, 3.05) is 33.3 Å². The lowest BCUT2D eigenvalue weighted by Crippen LogP contribution is -2.48. The second-order valence-corrected chi connectivity index (χ2v) is 6.31. The van der Waals surface area contributed by atoms with E-state index in [1.54, 1.807) is 0 Å². The van der Waals surface area contributed by atoms with E-state index in [4.69, 9.17) is 4.74 Å². The van der Waals surface area contributed by atoms with Gasteiger partial charge in [0.2, 0.25) is 0 Å². The van der Waals surface area contributed by atoms with Gasteiger partial charge in [-0.2, -0.15) is 0 Å². The number of nitrogens with one attached hydrogen (secondary N) is 1. The normalized spacial score (nSPS) is 24.8. The van der Waals surface area contributed by atoms with Gasteiger partial charge in [0.25, 0.3) is 0 Å². The molecule has 1 saturated heterocycles. The number of nitrogens with zero attached hydrogens (tertiary/aromatic N) is 1. The number of morpholine rings is 1. The van der Waals surface area contributed by atoms with Crippen LogP contribution in [0.25, 0.3) is 0 Å². The third kappa shape index (κ3) is 3.57. The van der Waals surface area contributed by atoms with Gasteiger partial charge in [0.15, 0.2) is 0 Å². The second kappa shape index (κ2) is 7.39. The largest absolute Gasteiger partial charge is 0.374 e. The summed E-state index contributed by atoms with van der Waals surface area (Å²) >= 11 is 1.95. The van der Waals surface area contributed by atoms with E-state index in [0.717, 1.165) is 32.7 Å². The molecule has 0 aliphatic carbocycles. The summed E-state index contributed by atoms with van der Waals surface area (Å²) < 4.78 is 6.01. The number of hydrogen-bond acceptors (Lipinski definition) is 4. The van der Waals surface area contributed by atoms with Crippen LogP contribution in [0.5, 0.6) is 0 Å². The second-order valence-electron chi connectivity index (χ2n) is 5.11. The van der Waals surface area contributed by atoms with Crippen molar-refractivity contribution >= 4 is 11.3 Å². The Kier molecular flexibility index (Phi) is 5.82. The van der Waals surface area contributed by atoms with Gasteiger partial charge in [-0.1, -0.05) is 13.8 Å². The van der Waals surface area contributed by atoms with E-state index in [-0.39, 0.29) is 6.10 Å². The summed E-state index contributed by atoms with van der Waals surface area (Å²) in [6.07, 6.45) is 2.60. The van der Waals surface area contributed by atoms with Gasteiger partial charge in [0.1, 0.15) is 0 Å². The Morgan fingerprint density at radius 1 is 1.42 bits per heavy atom. The van der Waals surface area contributed by atoms with E-state index in [9.17, 15) is 0 Å². The third-order valence-electron chi connectivity index (χ3n) is 3.69. The quantitative estimate of drug-likeness (QED) is 0.868. The molecule has 1 aliphatic rings. The van der Waals surface area contributed by atoms with Crippen molar-refractivity contribution in [2.45, 2.75) is 38.8 Å². The molecule has 0 radical (unpaired) electrons. The van der Waals surface area contributed by atoms with Crippen molar-refractivity contribution in [3.63, 3.8) is 0 Å². The van der Waals surface area contributed by atoms with Gasteiger partial charge in [0.05, 0.1) is 18.8 Å². The van der Waals surface area contributed by atoms with Crippen LogP contribution in [0.3, 0.4) is 0 Å². The molecule has 1 N–H and O–H groups in total. The van der Waals surface area contributed by atoms with Crippen LogP contribution >= 0.6 is 11.3 Å². The molecule has 19 heavy (non-hydrogen) atoms. The van der Waals surface area contributed by atoms with Gasteiger partial charge in [-0.3, -0.25) is 4.90 Å². The van der Waals surface area contributed by atoms with Gasteiger partial charge in [-0.05, 0) is 38.6 Å². The fourth-order valence-corrected chi connectivity index (χ4v) is 3.94. The molecule has 2 heterocycles. The molecule has 4 heteroatoms. The lowest BCUT2D eigenvalue weighted by atomic mass is 10.0. The molecule has 0 aromatic carbocycles. The van der Waals surface area contributed by atoms with Gasteiger partial charge in [-0.15, -0.1) is 11.3 Å². The fraction of sp³-hybridized carbons (Fsp3) is 0.733. The van der Waals surface area contributed by atoms with Crippen molar-refractivity contribution in [1.82, 2.24) is 10.2 Å². The van der Waals surface area contributed by atoms with Crippen LogP contribution in [-0.2, 0) is 11.2 Å². The number of thiophene rings is 1. The lowest BCUT2D eigenvalue weighted by molar-refractivity contribution is -0.0692. The Balaban J connectivity index is 2.20. The molecule has 2 atom stereocenters. The minimum atomic E-state index is 0.272. The first-order valence-electron chi connectivity index (χ1n) is 7.39. The molecule has 1 aromatic heterocycles. The zero-order valence-electron chi connectivity index (χ0n) is 12.3. The average Bonchev–Trinajstić information content (AvgIpc) is 2.88. The van der Waals surface area contributed by atoms with Crippen molar-refractivity contribution < 1.29 is 4.74 Å². The molecular weight excluding hydrogens is 256 g/mol. The predicted octanol–water partition coefficient (Wildman–Crippen LogP) is 2.68. The molecule has 1 aromatic rings. The first kappa shape index (κ1) is 15.0.